The molecule has 5 aromatic carbocycles. The highest BCUT2D eigenvalue weighted by Crippen LogP contribution is 2.43. The van der Waals surface area contributed by atoms with Crippen LogP contribution in [0.15, 0.2) is 103 Å². The van der Waals surface area contributed by atoms with Gasteiger partial charge in [-0.3, -0.25) is 4.57 Å². The molecule has 2 heterocycles. The third-order valence-corrected chi connectivity index (χ3v) is 6.75. The van der Waals surface area contributed by atoms with Gasteiger partial charge < -0.3 is 4.74 Å². The van der Waals surface area contributed by atoms with Crippen LogP contribution >= 0.6 is 0 Å². The molecule has 0 saturated heterocycles. The first kappa shape index (κ1) is 19.1. The minimum absolute atomic E-state index is 0.859. The largest absolute Gasteiger partial charge is 0.453 e. The summed E-state index contributed by atoms with van der Waals surface area (Å²) >= 11 is 0. The number of fused-ring (bicyclic) bond motifs is 3. The van der Waals surface area contributed by atoms with E-state index >= 15 is 0 Å². The normalized spacial score (nSPS) is 12.0. The molecule has 1 aliphatic rings. The van der Waals surface area contributed by atoms with Crippen molar-refractivity contribution in [1.29, 1.82) is 0 Å². The van der Waals surface area contributed by atoms with Crippen LogP contribution < -0.4 is 4.74 Å². The molecule has 3 heteroatoms. The predicted octanol–water partition coefficient (Wildman–Crippen LogP) is 8.18. The summed E-state index contributed by atoms with van der Waals surface area (Å²) in [6.07, 6.45) is 0.859. The molecule has 0 bridgehead atoms. The SMILES string of the molecule is CCc1nc2cccc3c2n1-c1cc(-c2ccc(-c4ccc5ccccc5c4)cc2)ccc1O3. The summed E-state index contributed by atoms with van der Waals surface area (Å²) in [4.78, 5) is 4.85. The summed E-state index contributed by atoms with van der Waals surface area (Å²) in [6, 6.07) is 36.5. The first-order chi connectivity index (χ1) is 16.8. The van der Waals surface area contributed by atoms with E-state index in [0.717, 1.165) is 46.0 Å². The molecular weight excluding hydrogens is 416 g/mol. The average molecular weight is 439 g/mol. The van der Waals surface area contributed by atoms with E-state index in [2.05, 4.69) is 102 Å². The molecule has 0 radical (unpaired) electrons. The number of ether oxygens (including phenoxy) is 1. The van der Waals surface area contributed by atoms with Crippen molar-refractivity contribution in [3.05, 3.63) is 109 Å². The molecule has 1 aliphatic heterocycles. The van der Waals surface area contributed by atoms with Crippen molar-refractivity contribution in [2.75, 3.05) is 0 Å². The molecule has 0 saturated carbocycles. The summed E-state index contributed by atoms with van der Waals surface area (Å²) in [5, 5.41) is 2.53. The lowest BCUT2D eigenvalue weighted by Crippen LogP contribution is -2.07. The van der Waals surface area contributed by atoms with Crippen LogP contribution in [-0.4, -0.2) is 9.55 Å². The molecule has 0 aliphatic carbocycles. The third-order valence-electron chi connectivity index (χ3n) is 6.75. The van der Waals surface area contributed by atoms with Gasteiger partial charge in [-0.1, -0.05) is 79.7 Å². The Labute approximate surface area is 197 Å². The fourth-order valence-electron chi connectivity index (χ4n) is 5.02. The van der Waals surface area contributed by atoms with Crippen LogP contribution in [-0.2, 0) is 6.42 Å². The number of para-hydroxylation sites is 1. The number of aryl methyl sites for hydroxylation is 1. The van der Waals surface area contributed by atoms with Gasteiger partial charge in [0.2, 0.25) is 0 Å². The summed E-state index contributed by atoms with van der Waals surface area (Å²) in [6.45, 7) is 2.15. The Morgan fingerprint density at radius 3 is 2.15 bits per heavy atom. The standard InChI is InChI=1S/C31H22N2O/c1-2-30-32-26-8-5-9-29-31(26)33(30)27-19-25(16-17-28(27)34-29)22-12-10-21(11-13-22)24-15-14-20-6-3-4-7-23(20)18-24/h3-19H,2H2,1H3. The van der Waals surface area contributed by atoms with Crippen LogP contribution in [0, 0.1) is 0 Å². The van der Waals surface area contributed by atoms with E-state index in [9.17, 15) is 0 Å². The third kappa shape index (κ3) is 2.87. The number of hydrogen-bond acceptors (Lipinski definition) is 2. The Balaban J connectivity index is 1.30. The zero-order valence-corrected chi connectivity index (χ0v) is 18.8. The molecular formula is C31H22N2O. The van der Waals surface area contributed by atoms with Crippen LogP contribution in [0.5, 0.6) is 11.5 Å². The molecule has 0 N–H and O–H groups in total. The van der Waals surface area contributed by atoms with E-state index < -0.39 is 0 Å². The summed E-state index contributed by atoms with van der Waals surface area (Å²) in [5.41, 5.74) is 7.87. The molecule has 162 valence electrons. The second-order valence-electron chi connectivity index (χ2n) is 8.76. The van der Waals surface area contributed by atoms with Crippen molar-refractivity contribution in [3.8, 4) is 39.4 Å². The van der Waals surface area contributed by atoms with Crippen LogP contribution in [0.3, 0.4) is 0 Å². The van der Waals surface area contributed by atoms with Crippen molar-refractivity contribution in [3.63, 3.8) is 0 Å². The topological polar surface area (TPSA) is 27.1 Å². The molecule has 34 heavy (non-hydrogen) atoms. The van der Waals surface area contributed by atoms with Gasteiger partial charge in [0.1, 0.15) is 11.3 Å². The Hall–Kier alpha value is -4.37. The summed E-state index contributed by atoms with van der Waals surface area (Å²) < 4.78 is 8.51. The second-order valence-corrected chi connectivity index (χ2v) is 8.76. The monoisotopic (exact) mass is 438 g/mol. The van der Waals surface area contributed by atoms with Gasteiger partial charge in [0.15, 0.2) is 11.5 Å². The van der Waals surface area contributed by atoms with Gasteiger partial charge in [0, 0.05) is 6.42 Å². The van der Waals surface area contributed by atoms with Crippen molar-refractivity contribution >= 4 is 21.8 Å². The number of rotatable bonds is 3. The van der Waals surface area contributed by atoms with Gasteiger partial charge in [-0.15, -0.1) is 0 Å². The van der Waals surface area contributed by atoms with E-state index in [1.165, 1.54) is 27.5 Å². The lowest BCUT2D eigenvalue weighted by molar-refractivity contribution is 0.474. The highest BCUT2D eigenvalue weighted by Gasteiger charge is 2.23. The molecule has 3 nitrogen and oxygen atoms in total. The Bertz CT molecular complexity index is 1710. The van der Waals surface area contributed by atoms with Crippen molar-refractivity contribution in [1.82, 2.24) is 9.55 Å². The first-order valence-corrected chi connectivity index (χ1v) is 11.7. The zero-order chi connectivity index (χ0) is 22.6. The van der Waals surface area contributed by atoms with E-state index in [-0.39, 0.29) is 0 Å². The van der Waals surface area contributed by atoms with Gasteiger partial charge in [0.05, 0.1) is 11.2 Å². The second kappa shape index (κ2) is 7.32. The number of aromatic nitrogens is 2. The molecule has 6 aromatic rings. The quantitative estimate of drug-likeness (QED) is 0.278. The van der Waals surface area contributed by atoms with Crippen molar-refractivity contribution < 1.29 is 4.74 Å². The van der Waals surface area contributed by atoms with Crippen LogP contribution in [0.4, 0.5) is 0 Å². The van der Waals surface area contributed by atoms with Crippen molar-refractivity contribution in [2.45, 2.75) is 13.3 Å². The van der Waals surface area contributed by atoms with E-state index in [4.69, 9.17) is 9.72 Å². The van der Waals surface area contributed by atoms with Crippen LogP contribution in [0.1, 0.15) is 12.7 Å². The van der Waals surface area contributed by atoms with Crippen molar-refractivity contribution in [2.24, 2.45) is 0 Å². The fraction of sp³-hybridized carbons (Fsp3) is 0.0645. The van der Waals surface area contributed by atoms with E-state index in [1.807, 2.05) is 12.1 Å². The van der Waals surface area contributed by atoms with E-state index in [1.54, 1.807) is 0 Å². The predicted molar refractivity (Wildman–Crippen MR) is 139 cm³/mol. The maximum Gasteiger partial charge on any atom is 0.153 e. The maximum absolute atomic E-state index is 6.25. The van der Waals surface area contributed by atoms with Crippen LogP contribution in [0.2, 0.25) is 0 Å². The van der Waals surface area contributed by atoms with Gasteiger partial charge in [-0.05, 0) is 63.4 Å². The highest BCUT2D eigenvalue weighted by atomic mass is 16.5. The van der Waals surface area contributed by atoms with E-state index in [0.29, 0.717) is 0 Å². The lowest BCUT2D eigenvalue weighted by atomic mass is 9.98. The summed E-state index contributed by atoms with van der Waals surface area (Å²) in [7, 11) is 0. The Morgan fingerprint density at radius 1 is 0.647 bits per heavy atom. The molecule has 0 amide bonds. The number of nitrogens with zero attached hydrogens (tertiary/aromatic N) is 2. The van der Waals surface area contributed by atoms with Gasteiger partial charge >= 0.3 is 0 Å². The molecule has 0 atom stereocenters. The fourth-order valence-corrected chi connectivity index (χ4v) is 5.02. The molecule has 0 fully saturated rings. The number of hydrogen-bond donors (Lipinski definition) is 0. The minimum atomic E-state index is 0.859. The maximum atomic E-state index is 6.25. The average Bonchev–Trinajstić information content (AvgIpc) is 3.29. The first-order valence-electron chi connectivity index (χ1n) is 11.7. The Morgan fingerprint density at radius 2 is 1.35 bits per heavy atom. The van der Waals surface area contributed by atoms with Gasteiger partial charge in [0.25, 0.3) is 0 Å². The highest BCUT2D eigenvalue weighted by molar-refractivity contribution is 5.89. The molecule has 0 unspecified atom stereocenters. The minimum Gasteiger partial charge on any atom is -0.453 e. The Kier molecular flexibility index (Phi) is 4.12. The van der Waals surface area contributed by atoms with Gasteiger partial charge in [-0.25, -0.2) is 4.98 Å². The molecule has 1 aromatic heterocycles. The van der Waals surface area contributed by atoms with Crippen LogP contribution in [0.25, 0.3) is 49.7 Å². The molecule has 0 spiro atoms. The smallest absolute Gasteiger partial charge is 0.153 e. The zero-order valence-electron chi connectivity index (χ0n) is 18.8. The lowest BCUT2D eigenvalue weighted by Gasteiger charge is -2.21. The number of imidazole rings is 1. The van der Waals surface area contributed by atoms with Gasteiger partial charge in [-0.2, -0.15) is 0 Å². The summed E-state index contributed by atoms with van der Waals surface area (Å²) in [5.74, 6) is 2.78. The molecule has 7 rings (SSSR count). The number of benzene rings is 5.